The summed E-state index contributed by atoms with van der Waals surface area (Å²) in [4.78, 5) is 0. The number of hydrogen-bond acceptors (Lipinski definition) is 2. The smallest absolute Gasteiger partial charge is 0.116 e. The van der Waals surface area contributed by atoms with Crippen LogP contribution in [0.5, 0.6) is 0 Å². The maximum atomic E-state index is 5.86. The maximum Gasteiger partial charge on any atom is 0.116 e. The predicted octanol–water partition coefficient (Wildman–Crippen LogP) is 4.27. The fourth-order valence-corrected chi connectivity index (χ4v) is 1.58. The highest BCUT2D eigenvalue weighted by Gasteiger charge is 2.27. The summed E-state index contributed by atoms with van der Waals surface area (Å²) >= 11 is 0. The second kappa shape index (κ2) is 7.34. The Balaban J connectivity index is 2.67. The van der Waals surface area contributed by atoms with E-state index < -0.39 is 0 Å². The van der Waals surface area contributed by atoms with Gasteiger partial charge in [0.15, 0.2) is 0 Å². The van der Waals surface area contributed by atoms with E-state index >= 15 is 0 Å². The van der Waals surface area contributed by atoms with Crippen LogP contribution >= 0.6 is 0 Å². The minimum Gasteiger partial charge on any atom is -0.494 e. The Bertz CT molecular complexity index is 371. The minimum atomic E-state index is -0.164. The van der Waals surface area contributed by atoms with Gasteiger partial charge in [0.1, 0.15) is 18.5 Å². The molecule has 0 saturated carbocycles. The van der Waals surface area contributed by atoms with E-state index in [1.165, 1.54) is 0 Å². The molecule has 2 unspecified atom stereocenters. The van der Waals surface area contributed by atoms with E-state index in [2.05, 4.69) is 51.7 Å². The van der Waals surface area contributed by atoms with Crippen molar-refractivity contribution in [2.75, 3.05) is 13.2 Å². The van der Waals surface area contributed by atoms with Crippen LogP contribution in [0, 0.1) is 11.3 Å². The zero-order valence-corrected chi connectivity index (χ0v) is 12.6. The van der Waals surface area contributed by atoms with Crippen LogP contribution < -0.4 is 0 Å². The number of hydrogen-bond donors (Lipinski definition) is 0. The van der Waals surface area contributed by atoms with Crippen molar-refractivity contribution in [1.82, 2.24) is 0 Å². The van der Waals surface area contributed by atoms with Gasteiger partial charge >= 0.3 is 0 Å². The highest BCUT2D eigenvalue weighted by atomic mass is 16.6. The van der Waals surface area contributed by atoms with Gasteiger partial charge in [-0.1, -0.05) is 37.3 Å². The van der Waals surface area contributed by atoms with Crippen molar-refractivity contribution < 1.29 is 9.47 Å². The van der Waals surface area contributed by atoms with Crippen LogP contribution in [-0.2, 0) is 9.47 Å². The summed E-state index contributed by atoms with van der Waals surface area (Å²) in [6.07, 6.45) is 12.6. The predicted molar refractivity (Wildman–Crippen MR) is 80.9 cm³/mol. The fourth-order valence-electron chi connectivity index (χ4n) is 1.58. The quantitative estimate of drug-likeness (QED) is 0.282. The lowest BCUT2D eigenvalue weighted by Gasteiger charge is -2.23. The van der Waals surface area contributed by atoms with Crippen LogP contribution in [0.4, 0.5) is 0 Å². The zero-order chi connectivity index (χ0) is 14.3. The minimum absolute atomic E-state index is 0.164. The fraction of sp³-hybridized carbons (Fsp3) is 0.529. The molecular weight excluding hydrogens is 236 g/mol. The van der Waals surface area contributed by atoms with E-state index in [1.807, 2.05) is 19.1 Å². The van der Waals surface area contributed by atoms with Gasteiger partial charge in [0, 0.05) is 5.41 Å². The van der Waals surface area contributed by atoms with Crippen molar-refractivity contribution in [3.05, 3.63) is 48.8 Å². The number of rotatable bonds is 8. The Labute approximate surface area is 117 Å². The molecule has 1 rings (SSSR count). The summed E-state index contributed by atoms with van der Waals surface area (Å²) in [7, 11) is 0. The standard InChI is InChI=1S/C17H26O2/c1-6-9-14(3)10-8-11-16(17(4,5)7-2)19-13-15-12-18-15/h6-11,14-15H,2,12-13H2,1,3-5H3/b9-6-,10-8-,16-11+. The highest BCUT2D eigenvalue weighted by molar-refractivity contribution is 5.19. The molecule has 0 aromatic carbocycles. The van der Waals surface area contributed by atoms with Gasteiger partial charge in [0.2, 0.25) is 0 Å². The zero-order valence-electron chi connectivity index (χ0n) is 12.6. The van der Waals surface area contributed by atoms with E-state index in [4.69, 9.17) is 9.47 Å². The Hall–Kier alpha value is -1.28. The summed E-state index contributed by atoms with van der Waals surface area (Å²) < 4.78 is 11.0. The van der Waals surface area contributed by atoms with Crippen molar-refractivity contribution in [1.29, 1.82) is 0 Å². The van der Waals surface area contributed by atoms with Crippen LogP contribution in [0.3, 0.4) is 0 Å². The lowest BCUT2D eigenvalue weighted by atomic mass is 9.90. The first kappa shape index (κ1) is 15.8. The van der Waals surface area contributed by atoms with Crippen LogP contribution in [-0.4, -0.2) is 19.3 Å². The van der Waals surface area contributed by atoms with E-state index in [-0.39, 0.29) is 11.5 Å². The molecule has 2 heteroatoms. The number of epoxide rings is 1. The second-order valence-electron chi connectivity index (χ2n) is 5.49. The number of ether oxygens (including phenoxy) is 2. The molecule has 106 valence electrons. The van der Waals surface area contributed by atoms with Gasteiger partial charge < -0.3 is 9.47 Å². The Morgan fingerprint density at radius 3 is 2.68 bits per heavy atom. The second-order valence-corrected chi connectivity index (χ2v) is 5.49. The molecule has 0 radical (unpaired) electrons. The van der Waals surface area contributed by atoms with Gasteiger partial charge in [-0.2, -0.15) is 0 Å². The molecule has 1 heterocycles. The highest BCUT2D eigenvalue weighted by Crippen LogP contribution is 2.29. The van der Waals surface area contributed by atoms with E-state index in [0.29, 0.717) is 12.5 Å². The van der Waals surface area contributed by atoms with Crippen LogP contribution in [0.15, 0.2) is 48.8 Å². The molecule has 2 nitrogen and oxygen atoms in total. The van der Waals surface area contributed by atoms with Gasteiger partial charge in [-0.25, -0.2) is 0 Å². The van der Waals surface area contributed by atoms with Gasteiger partial charge in [0.05, 0.1) is 6.61 Å². The summed E-state index contributed by atoms with van der Waals surface area (Å²) in [5.41, 5.74) is -0.164. The monoisotopic (exact) mass is 262 g/mol. The molecule has 1 aliphatic rings. The summed E-state index contributed by atoms with van der Waals surface area (Å²) in [5, 5.41) is 0. The van der Waals surface area contributed by atoms with Crippen molar-refractivity contribution >= 4 is 0 Å². The summed E-state index contributed by atoms with van der Waals surface area (Å²) in [6.45, 7) is 13.7. The van der Waals surface area contributed by atoms with Crippen molar-refractivity contribution in [2.45, 2.75) is 33.8 Å². The molecule has 1 fully saturated rings. The van der Waals surface area contributed by atoms with Crippen LogP contribution in [0.2, 0.25) is 0 Å². The van der Waals surface area contributed by atoms with Crippen molar-refractivity contribution in [3.63, 3.8) is 0 Å². The first-order valence-electron chi connectivity index (χ1n) is 6.89. The summed E-state index contributed by atoms with van der Waals surface area (Å²) in [6, 6.07) is 0. The summed E-state index contributed by atoms with van der Waals surface area (Å²) in [5.74, 6) is 1.36. The molecular formula is C17H26O2. The topological polar surface area (TPSA) is 21.8 Å². The number of allylic oxidation sites excluding steroid dienone is 6. The molecule has 0 aromatic heterocycles. The molecule has 0 aromatic rings. The van der Waals surface area contributed by atoms with Crippen LogP contribution in [0.1, 0.15) is 27.7 Å². The first-order valence-corrected chi connectivity index (χ1v) is 6.89. The molecule has 0 N–H and O–H groups in total. The Morgan fingerprint density at radius 2 is 2.16 bits per heavy atom. The Morgan fingerprint density at radius 1 is 1.47 bits per heavy atom. The molecule has 1 aliphatic heterocycles. The third kappa shape index (κ3) is 5.93. The Kier molecular flexibility index (Phi) is 6.10. The van der Waals surface area contributed by atoms with Crippen molar-refractivity contribution in [3.8, 4) is 0 Å². The molecule has 0 aliphatic carbocycles. The lowest BCUT2D eigenvalue weighted by molar-refractivity contribution is 0.144. The van der Waals surface area contributed by atoms with Gasteiger partial charge in [-0.3, -0.25) is 0 Å². The van der Waals surface area contributed by atoms with E-state index in [0.717, 1.165) is 12.4 Å². The van der Waals surface area contributed by atoms with Gasteiger partial charge in [0.25, 0.3) is 0 Å². The average molecular weight is 262 g/mol. The molecule has 0 amide bonds. The average Bonchev–Trinajstić information content (AvgIpc) is 3.17. The third-order valence-corrected chi connectivity index (χ3v) is 3.13. The lowest BCUT2D eigenvalue weighted by Crippen LogP contribution is -2.16. The van der Waals surface area contributed by atoms with Gasteiger partial charge in [-0.05, 0) is 32.8 Å². The van der Waals surface area contributed by atoms with E-state index in [9.17, 15) is 0 Å². The first-order chi connectivity index (χ1) is 8.99. The largest absolute Gasteiger partial charge is 0.494 e. The third-order valence-electron chi connectivity index (χ3n) is 3.13. The van der Waals surface area contributed by atoms with Crippen LogP contribution in [0.25, 0.3) is 0 Å². The molecule has 1 saturated heterocycles. The maximum absolute atomic E-state index is 5.86. The SMILES string of the molecule is C=CC(C)(C)/C(=C\C=C/C(C)/C=C\C)OCC1CO1. The van der Waals surface area contributed by atoms with E-state index in [1.54, 1.807) is 0 Å². The molecule has 19 heavy (non-hydrogen) atoms. The molecule has 2 atom stereocenters. The van der Waals surface area contributed by atoms with Gasteiger partial charge in [-0.15, -0.1) is 6.58 Å². The molecule has 0 spiro atoms. The normalized spacial score (nSPS) is 21.9. The molecule has 0 bridgehead atoms. The van der Waals surface area contributed by atoms with Crippen molar-refractivity contribution in [2.24, 2.45) is 11.3 Å².